The maximum atomic E-state index is 4.42. The fourth-order valence-corrected chi connectivity index (χ4v) is 2.97. The molecule has 0 spiro atoms. The number of para-hydroxylation sites is 1. The highest BCUT2D eigenvalue weighted by atomic mass is 79.9. The summed E-state index contributed by atoms with van der Waals surface area (Å²) < 4.78 is 1.14. The number of hydrogen-bond acceptors (Lipinski definition) is 3. The van der Waals surface area contributed by atoms with E-state index in [1.54, 1.807) is 11.3 Å². The van der Waals surface area contributed by atoms with Crippen LogP contribution in [0.25, 0.3) is 0 Å². The number of halogens is 1. The molecule has 0 aliphatic heterocycles. The van der Waals surface area contributed by atoms with Crippen LogP contribution in [0.5, 0.6) is 0 Å². The molecule has 2 aromatic rings. The van der Waals surface area contributed by atoms with Crippen LogP contribution in [-0.4, -0.2) is 11.0 Å². The molecule has 0 bridgehead atoms. The lowest BCUT2D eigenvalue weighted by Crippen LogP contribution is -2.19. The van der Waals surface area contributed by atoms with Crippen LogP contribution in [-0.2, 0) is 0 Å². The molecule has 1 aromatic heterocycles. The number of thiazole rings is 1. The Labute approximate surface area is 107 Å². The summed E-state index contributed by atoms with van der Waals surface area (Å²) in [5, 5.41) is 3.12. The molecule has 1 aromatic carbocycles. The minimum Gasteiger partial charge on any atom is -0.314 e. The second-order valence-corrected chi connectivity index (χ2v) is 5.59. The maximum absolute atomic E-state index is 4.42. The first-order valence-corrected chi connectivity index (χ1v) is 6.97. The summed E-state index contributed by atoms with van der Waals surface area (Å²) >= 11 is 5.31. The van der Waals surface area contributed by atoms with Gasteiger partial charge in [0.05, 0.1) is 5.69 Å². The Morgan fingerprint density at radius 3 is 2.75 bits per heavy atom. The Bertz CT molecular complexity index is 480. The second kappa shape index (κ2) is 4.18. The molecule has 82 valence electrons. The van der Waals surface area contributed by atoms with Gasteiger partial charge in [-0.3, -0.25) is 0 Å². The summed E-state index contributed by atoms with van der Waals surface area (Å²) in [6.45, 7) is 0. The molecule has 0 N–H and O–H groups in total. The van der Waals surface area contributed by atoms with E-state index in [9.17, 15) is 0 Å². The minimum absolute atomic E-state index is 0.629. The van der Waals surface area contributed by atoms with Gasteiger partial charge in [0, 0.05) is 22.1 Å². The highest BCUT2D eigenvalue weighted by molar-refractivity contribution is 9.10. The fraction of sp³-hybridized carbons (Fsp3) is 0.250. The monoisotopic (exact) mass is 294 g/mol. The first-order valence-electron chi connectivity index (χ1n) is 5.29. The van der Waals surface area contributed by atoms with Crippen LogP contribution >= 0.6 is 27.3 Å². The van der Waals surface area contributed by atoms with Crippen LogP contribution in [0.1, 0.15) is 12.8 Å². The van der Waals surface area contributed by atoms with Crippen LogP contribution in [0.15, 0.2) is 40.3 Å². The third kappa shape index (κ3) is 1.87. The molecule has 0 saturated heterocycles. The third-order valence-electron chi connectivity index (χ3n) is 2.65. The average Bonchev–Trinajstić information content (AvgIpc) is 2.97. The Morgan fingerprint density at radius 1 is 1.31 bits per heavy atom. The predicted molar refractivity (Wildman–Crippen MR) is 71.4 cm³/mol. The highest BCUT2D eigenvalue weighted by Crippen LogP contribution is 2.41. The van der Waals surface area contributed by atoms with Crippen molar-refractivity contribution in [3.8, 4) is 0 Å². The van der Waals surface area contributed by atoms with Crippen molar-refractivity contribution in [2.75, 3.05) is 4.90 Å². The lowest BCUT2D eigenvalue weighted by Gasteiger charge is -2.22. The van der Waals surface area contributed by atoms with E-state index in [1.807, 2.05) is 17.6 Å². The van der Waals surface area contributed by atoms with E-state index in [4.69, 9.17) is 0 Å². The van der Waals surface area contributed by atoms with Gasteiger partial charge in [0.1, 0.15) is 0 Å². The van der Waals surface area contributed by atoms with E-state index >= 15 is 0 Å². The lowest BCUT2D eigenvalue weighted by molar-refractivity contribution is 0.957. The van der Waals surface area contributed by atoms with Crippen LogP contribution in [0.4, 0.5) is 10.8 Å². The highest BCUT2D eigenvalue weighted by Gasteiger charge is 2.32. The molecule has 2 nitrogen and oxygen atoms in total. The molecular weight excluding hydrogens is 284 g/mol. The van der Waals surface area contributed by atoms with Crippen LogP contribution in [0, 0.1) is 0 Å². The quantitative estimate of drug-likeness (QED) is 0.843. The standard InChI is InChI=1S/C12H11BrN2S/c13-10-3-1-2-4-11(10)15(9-5-6-9)12-14-7-8-16-12/h1-4,7-9H,5-6H2. The van der Waals surface area contributed by atoms with E-state index in [0.29, 0.717) is 6.04 Å². The molecule has 0 amide bonds. The largest absolute Gasteiger partial charge is 0.314 e. The number of aromatic nitrogens is 1. The molecule has 1 heterocycles. The predicted octanol–water partition coefficient (Wildman–Crippen LogP) is 4.21. The summed E-state index contributed by atoms with van der Waals surface area (Å²) in [4.78, 5) is 6.76. The zero-order chi connectivity index (χ0) is 11.0. The number of hydrogen-bond donors (Lipinski definition) is 0. The van der Waals surface area contributed by atoms with Gasteiger partial charge in [-0.05, 0) is 40.9 Å². The van der Waals surface area contributed by atoms with Crippen molar-refractivity contribution < 1.29 is 0 Å². The van der Waals surface area contributed by atoms with Gasteiger partial charge in [-0.15, -0.1) is 11.3 Å². The van der Waals surface area contributed by atoms with Gasteiger partial charge in [-0.2, -0.15) is 0 Å². The van der Waals surface area contributed by atoms with Gasteiger partial charge in [0.15, 0.2) is 5.13 Å². The van der Waals surface area contributed by atoms with Crippen molar-refractivity contribution in [3.05, 3.63) is 40.3 Å². The van der Waals surface area contributed by atoms with Gasteiger partial charge in [0.25, 0.3) is 0 Å². The Balaban J connectivity index is 2.04. The van der Waals surface area contributed by atoms with E-state index < -0.39 is 0 Å². The van der Waals surface area contributed by atoms with Crippen molar-refractivity contribution in [1.29, 1.82) is 0 Å². The Kier molecular flexibility index (Phi) is 2.69. The van der Waals surface area contributed by atoms with Crippen molar-refractivity contribution in [2.24, 2.45) is 0 Å². The summed E-state index contributed by atoms with van der Waals surface area (Å²) in [5.74, 6) is 0. The normalized spacial score (nSPS) is 15.1. The van der Waals surface area contributed by atoms with Gasteiger partial charge in [-0.1, -0.05) is 12.1 Å². The molecule has 0 unspecified atom stereocenters. The zero-order valence-corrected chi connectivity index (χ0v) is 11.0. The number of anilines is 2. The fourth-order valence-electron chi connectivity index (χ4n) is 1.77. The summed E-state index contributed by atoms with van der Waals surface area (Å²) in [7, 11) is 0. The third-order valence-corrected chi connectivity index (χ3v) is 4.09. The lowest BCUT2D eigenvalue weighted by atomic mass is 10.3. The first-order chi connectivity index (χ1) is 7.86. The Hall–Kier alpha value is -0.870. The minimum atomic E-state index is 0.629. The van der Waals surface area contributed by atoms with Gasteiger partial charge < -0.3 is 4.90 Å². The first kappa shape index (κ1) is 10.3. The van der Waals surface area contributed by atoms with Crippen LogP contribution < -0.4 is 4.90 Å². The molecule has 4 heteroatoms. The number of benzene rings is 1. The summed E-state index contributed by atoms with van der Waals surface area (Å²) in [6, 6.07) is 8.97. The maximum Gasteiger partial charge on any atom is 0.190 e. The van der Waals surface area contributed by atoms with Crippen molar-refractivity contribution >= 4 is 38.1 Å². The molecule has 0 atom stereocenters. The molecule has 1 aliphatic rings. The smallest absolute Gasteiger partial charge is 0.190 e. The van der Waals surface area contributed by atoms with Gasteiger partial charge >= 0.3 is 0 Å². The van der Waals surface area contributed by atoms with E-state index in [2.05, 4.69) is 44.0 Å². The molecule has 1 aliphatic carbocycles. The number of nitrogens with zero attached hydrogens (tertiary/aromatic N) is 2. The topological polar surface area (TPSA) is 16.1 Å². The summed E-state index contributed by atoms with van der Waals surface area (Å²) in [6.07, 6.45) is 4.40. The number of rotatable bonds is 3. The van der Waals surface area contributed by atoms with Crippen molar-refractivity contribution in [3.63, 3.8) is 0 Å². The SMILES string of the molecule is Brc1ccccc1N(c1nccs1)C1CC1. The van der Waals surface area contributed by atoms with Crippen LogP contribution in [0.2, 0.25) is 0 Å². The molecular formula is C12H11BrN2S. The molecule has 1 saturated carbocycles. The molecule has 1 fully saturated rings. The van der Waals surface area contributed by atoms with Crippen LogP contribution in [0.3, 0.4) is 0 Å². The van der Waals surface area contributed by atoms with E-state index in [1.165, 1.54) is 18.5 Å². The molecule has 16 heavy (non-hydrogen) atoms. The average molecular weight is 295 g/mol. The van der Waals surface area contributed by atoms with Crippen molar-refractivity contribution in [2.45, 2.75) is 18.9 Å². The second-order valence-electron chi connectivity index (χ2n) is 3.87. The van der Waals surface area contributed by atoms with Crippen molar-refractivity contribution in [1.82, 2.24) is 4.98 Å². The summed E-state index contributed by atoms with van der Waals surface area (Å²) in [5.41, 5.74) is 1.22. The molecule has 0 radical (unpaired) electrons. The van der Waals surface area contributed by atoms with E-state index in [0.717, 1.165) is 9.60 Å². The Morgan fingerprint density at radius 2 is 2.12 bits per heavy atom. The van der Waals surface area contributed by atoms with Gasteiger partial charge in [-0.25, -0.2) is 4.98 Å². The van der Waals surface area contributed by atoms with Gasteiger partial charge in [0.2, 0.25) is 0 Å². The van der Waals surface area contributed by atoms with E-state index in [-0.39, 0.29) is 0 Å². The zero-order valence-electron chi connectivity index (χ0n) is 8.64. The molecule has 3 rings (SSSR count).